The molecule has 26 heavy (non-hydrogen) atoms. The topological polar surface area (TPSA) is 50.6 Å². The molecule has 1 aromatic carbocycles. The van der Waals surface area contributed by atoms with Gasteiger partial charge < -0.3 is 19.9 Å². The maximum atomic E-state index is 6.07. The second kappa shape index (κ2) is 11.1. The van der Waals surface area contributed by atoms with E-state index in [1.165, 1.54) is 11.1 Å². The van der Waals surface area contributed by atoms with E-state index in [1.54, 1.807) is 7.05 Å². The molecule has 0 fully saturated rings. The maximum Gasteiger partial charge on any atom is 0.191 e. The number of halogens is 1. The summed E-state index contributed by atoms with van der Waals surface area (Å²) >= 11 is 0. The predicted molar refractivity (Wildman–Crippen MR) is 119 cm³/mol. The van der Waals surface area contributed by atoms with Crippen molar-refractivity contribution in [2.45, 2.75) is 46.4 Å². The molecule has 1 atom stereocenters. The number of guanidine groups is 1. The van der Waals surface area contributed by atoms with Crippen molar-refractivity contribution in [2.75, 3.05) is 7.05 Å². The Morgan fingerprint density at radius 2 is 1.96 bits per heavy atom. The summed E-state index contributed by atoms with van der Waals surface area (Å²) in [6.45, 7) is 7.72. The highest BCUT2D eigenvalue weighted by atomic mass is 127. The minimum Gasteiger partial charge on any atom is -0.490 e. The molecule has 2 N–H and O–H groups in total. The summed E-state index contributed by atoms with van der Waals surface area (Å²) in [4.78, 5) is 4.30. The monoisotopic (exact) mass is 470 g/mol. The number of ether oxygens (including phenoxy) is 1. The van der Waals surface area contributed by atoms with Crippen molar-refractivity contribution in [3.05, 3.63) is 53.3 Å². The minimum absolute atomic E-state index is 0. The van der Waals surface area contributed by atoms with Gasteiger partial charge in [-0.15, -0.1) is 24.0 Å². The zero-order chi connectivity index (χ0) is 18.2. The van der Waals surface area contributed by atoms with Crippen LogP contribution in [0.1, 0.15) is 37.0 Å². The lowest BCUT2D eigenvalue weighted by Crippen LogP contribution is -2.36. The van der Waals surface area contributed by atoms with Crippen molar-refractivity contribution >= 4 is 29.9 Å². The average Bonchev–Trinajstić information content (AvgIpc) is 3.01. The van der Waals surface area contributed by atoms with Crippen molar-refractivity contribution in [1.82, 2.24) is 15.2 Å². The quantitative estimate of drug-likeness (QED) is 0.366. The second-order valence-electron chi connectivity index (χ2n) is 6.41. The number of benzene rings is 1. The molecule has 0 radical (unpaired) electrons. The highest BCUT2D eigenvalue weighted by Gasteiger charge is 2.09. The Morgan fingerprint density at radius 1 is 1.23 bits per heavy atom. The van der Waals surface area contributed by atoms with Gasteiger partial charge in [0.25, 0.3) is 0 Å². The first kappa shape index (κ1) is 22.3. The molecule has 0 aliphatic rings. The third-order valence-corrected chi connectivity index (χ3v) is 4.15. The van der Waals surface area contributed by atoms with Gasteiger partial charge in [0.2, 0.25) is 0 Å². The van der Waals surface area contributed by atoms with E-state index in [0.29, 0.717) is 6.54 Å². The largest absolute Gasteiger partial charge is 0.490 e. The third kappa shape index (κ3) is 6.90. The van der Waals surface area contributed by atoms with E-state index < -0.39 is 0 Å². The molecule has 0 bridgehead atoms. The lowest BCUT2D eigenvalue weighted by Gasteiger charge is -2.18. The average molecular weight is 470 g/mol. The van der Waals surface area contributed by atoms with Gasteiger partial charge in [0.15, 0.2) is 5.96 Å². The number of hydrogen-bond donors (Lipinski definition) is 2. The van der Waals surface area contributed by atoms with Crippen LogP contribution in [0.2, 0.25) is 0 Å². The molecule has 5 nitrogen and oxygen atoms in total. The van der Waals surface area contributed by atoms with E-state index in [0.717, 1.165) is 30.2 Å². The molecule has 0 saturated carbocycles. The van der Waals surface area contributed by atoms with Crippen LogP contribution in [0, 0.1) is 6.92 Å². The van der Waals surface area contributed by atoms with Crippen LogP contribution in [-0.4, -0.2) is 23.7 Å². The van der Waals surface area contributed by atoms with Crippen LogP contribution in [0.5, 0.6) is 5.75 Å². The Morgan fingerprint density at radius 3 is 2.58 bits per heavy atom. The van der Waals surface area contributed by atoms with Crippen molar-refractivity contribution in [1.29, 1.82) is 0 Å². The number of nitrogens with one attached hydrogen (secondary N) is 2. The number of aromatic nitrogens is 1. The zero-order valence-corrected chi connectivity index (χ0v) is 18.7. The van der Waals surface area contributed by atoms with Crippen LogP contribution < -0.4 is 15.4 Å². The minimum atomic E-state index is 0. The first-order valence-corrected chi connectivity index (χ1v) is 8.83. The van der Waals surface area contributed by atoms with Gasteiger partial charge in [-0.2, -0.15) is 0 Å². The molecular weight excluding hydrogens is 439 g/mol. The van der Waals surface area contributed by atoms with Crippen LogP contribution in [-0.2, 0) is 20.1 Å². The van der Waals surface area contributed by atoms with Crippen LogP contribution in [0.25, 0.3) is 0 Å². The fraction of sp³-hybridized carbons (Fsp3) is 0.450. The molecule has 0 saturated heterocycles. The lowest BCUT2D eigenvalue weighted by atomic mass is 10.1. The van der Waals surface area contributed by atoms with Crippen molar-refractivity contribution in [3.8, 4) is 5.75 Å². The van der Waals surface area contributed by atoms with Crippen molar-refractivity contribution < 1.29 is 4.74 Å². The normalized spacial score (nSPS) is 12.3. The van der Waals surface area contributed by atoms with Gasteiger partial charge in [0, 0.05) is 45.1 Å². The number of nitrogens with zero attached hydrogens (tertiary/aromatic N) is 2. The molecule has 1 unspecified atom stereocenters. The van der Waals surface area contributed by atoms with E-state index in [-0.39, 0.29) is 30.1 Å². The Labute approximate surface area is 174 Å². The molecule has 1 heterocycles. The molecule has 144 valence electrons. The highest BCUT2D eigenvalue weighted by Crippen LogP contribution is 2.22. The summed E-state index contributed by atoms with van der Waals surface area (Å²) in [6.07, 6.45) is 5.33. The van der Waals surface area contributed by atoms with E-state index in [4.69, 9.17) is 4.74 Å². The van der Waals surface area contributed by atoms with E-state index in [2.05, 4.69) is 66.9 Å². The van der Waals surface area contributed by atoms with Gasteiger partial charge in [0.05, 0.1) is 6.10 Å². The second-order valence-corrected chi connectivity index (χ2v) is 6.41. The van der Waals surface area contributed by atoms with Crippen LogP contribution >= 0.6 is 24.0 Å². The van der Waals surface area contributed by atoms with E-state index >= 15 is 0 Å². The van der Waals surface area contributed by atoms with Crippen molar-refractivity contribution in [3.63, 3.8) is 0 Å². The summed E-state index contributed by atoms with van der Waals surface area (Å²) in [7, 11) is 3.80. The van der Waals surface area contributed by atoms with E-state index in [1.807, 2.05) is 17.8 Å². The van der Waals surface area contributed by atoms with Gasteiger partial charge in [-0.05, 0) is 43.5 Å². The summed E-state index contributed by atoms with van der Waals surface area (Å²) in [6, 6.07) is 8.42. The molecule has 2 rings (SSSR count). The SMILES string of the molecule is CCC(C)Oc1cc(C)ccc1CNC(=NC)NCc1ccn(C)c1.I. The fourth-order valence-corrected chi connectivity index (χ4v) is 2.47. The third-order valence-electron chi connectivity index (χ3n) is 4.15. The first-order chi connectivity index (χ1) is 12.0. The first-order valence-electron chi connectivity index (χ1n) is 8.83. The Balaban J connectivity index is 0.00000338. The lowest BCUT2D eigenvalue weighted by molar-refractivity contribution is 0.215. The fourth-order valence-electron chi connectivity index (χ4n) is 2.47. The summed E-state index contributed by atoms with van der Waals surface area (Å²) < 4.78 is 8.11. The van der Waals surface area contributed by atoms with Crippen LogP contribution in [0.4, 0.5) is 0 Å². The molecule has 0 aliphatic carbocycles. The zero-order valence-electron chi connectivity index (χ0n) is 16.4. The maximum absolute atomic E-state index is 6.07. The van der Waals surface area contributed by atoms with E-state index in [9.17, 15) is 0 Å². The number of aliphatic imine (C=N–C) groups is 1. The van der Waals surface area contributed by atoms with Crippen molar-refractivity contribution in [2.24, 2.45) is 12.0 Å². The Kier molecular flexibility index (Phi) is 9.54. The number of aryl methyl sites for hydroxylation is 2. The molecule has 0 amide bonds. The predicted octanol–water partition coefficient (Wildman–Crippen LogP) is 3.99. The van der Waals surface area contributed by atoms with Gasteiger partial charge >= 0.3 is 0 Å². The van der Waals surface area contributed by atoms with Gasteiger partial charge in [0.1, 0.15) is 5.75 Å². The smallest absolute Gasteiger partial charge is 0.191 e. The molecule has 0 spiro atoms. The summed E-state index contributed by atoms with van der Waals surface area (Å²) in [5, 5.41) is 6.70. The summed E-state index contributed by atoms with van der Waals surface area (Å²) in [5.74, 6) is 1.72. The molecule has 6 heteroatoms. The number of rotatable bonds is 7. The van der Waals surface area contributed by atoms with Gasteiger partial charge in [-0.25, -0.2) is 0 Å². The molecule has 2 aromatic rings. The highest BCUT2D eigenvalue weighted by molar-refractivity contribution is 14.0. The number of hydrogen-bond acceptors (Lipinski definition) is 2. The molecule has 1 aromatic heterocycles. The standard InChI is InChI=1S/C20H30N4O.HI/c1-6-16(3)25-19-11-15(2)7-8-18(19)13-23-20(21-4)22-12-17-9-10-24(5)14-17;/h7-11,14,16H,6,12-13H2,1-5H3,(H2,21,22,23);1H. The molecular formula is C20H31IN4O. The Hall–Kier alpha value is -1.70. The molecule has 0 aliphatic heterocycles. The summed E-state index contributed by atoms with van der Waals surface area (Å²) in [5.41, 5.74) is 3.56. The van der Waals surface area contributed by atoms with Gasteiger partial charge in [-0.3, -0.25) is 4.99 Å². The van der Waals surface area contributed by atoms with Crippen LogP contribution in [0.3, 0.4) is 0 Å². The Bertz CT molecular complexity index is 712. The van der Waals surface area contributed by atoms with Crippen LogP contribution in [0.15, 0.2) is 41.7 Å². The van der Waals surface area contributed by atoms with Gasteiger partial charge in [-0.1, -0.05) is 19.1 Å².